The van der Waals surface area contributed by atoms with Gasteiger partial charge in [-0.05, 0) is 53.3 Å². The summed E-state index contributed by atoms with van der Waals surface area (Å²) in [4.78, 5) is 23.3. The van der Waals surface area contributed by atoms with Crippen molar-refractivity contribution in [3.63, 3.8) is 0 Å². The van der Waals surface area contributed by atoms with E-state index >= 15 is 0 Å². The average molecular weight is 396 g/mol. The van der Waals surface area contributed by atoms with Crippen LogP contribution in [0.5, 0.6) is 5.75 Å². The zero-order chi connectivity index (χ0) is 21.3. The molecular weight excluding hydrogens is 368 g/mol. The Morgan fingerprint density at radius 3 is 2.28 bits per heavy atom. The summed E-state index contributed by atoms with van der Waals surface area (Å²) < 4.78 is 10.1. The van der Waals surface area contributed by atoms with Crippen LogP contribution in [0.15, 0.2) is 53.6 Å². The first-order valence-corrected chi connectivity index (χ1v) is 9.57. The Hall–Kier alpha value is -3.15. The van der Waals surface area contributed by atoms with Crippen LogP contribution >= 0.6 is 0 Å². The molecule has 0 fully saturated rings. The summed E-state index contributed by atoms with van der Waals surface area (Å²) in [5.41, 5.74) is 5.58. The third-order valence-electron chi connectivity index (χ3n) is 4.13. The number of ether oxygens (including phenoxy) is 2. The molecule has 0 spiro atoms. The van der Waals surface area contributed by atoms with Gasteiger partial charge in [-0.1, -0.05) is 45.0 Å². The lowest BCUT2D eigenvalue weighted by Gasteiger charge is -2.19. The van der Waals surface area contributed by atoms with Crippen LogP contribution in [0, 0.1) is 0 Å². The molecule has 0 saturated carbocycles. The molecule has 2 aromatic carbocycles. The molecule has 0 unspecified atom stereocenters. The standard InChI is InChI=1S/C23H28N2O4/c1-5-28-22(27)16-29-20-12-8-18(9-13-20)15-24-25-21(26)14-17-6-10-19(11-7-17)23(2,3)4/h6-13,15H,5,14,16H2,1-4H3,(H,25,26)/b24-15-. The molecule has 29 heavy (non-hydrogen) atoms. The lowest BCUT2D eigenvalue weighted by atomic mass is 9.86. The Morgan fingerprint density at radius 1 is 1.03 bits per heavy atom. The normalized spacial score (nSPS) is 11.3. The zero-order valence-electron chi connectivity index (χ0n) is 17.4. The van der Waals surface area contributed by atoms with Gasteiger partial charge in [-0.15, -0.1) is 0 Å². The van der Waals surface area contributed by atoms with E-state index in [-0.39, 0.29) is 24.3 Å². The van der Waals surface area contributed by atoms with Gasteiger partial charge in [-0.3, -0.25) is 4.79 Å². The molecule has 6 nitrogen and oxygen atoms in total. The van der Waals surface area contributed by atoms with Gasteiger partial charge >= 0.3 is 5.97 Å². The topological polar surface area (TPSA) is 77.0 Å². The Kier molecular flexibility index (Phi) is 7.95. The van der Waals surface area contributed by atoms with E-state index in [1.807, 2.05) is 12.1 Å². The lowest BCUT2D eigenvalue weighted by molar-refractivity contribution is -0.145. The average Bonchev–Trinajstić information content (AvgIpc) is 2.67. The van der Waals surface area contributed by atoms with Crippen molar-refractivity contribution in [2.45, 2.75) is 39.5 Å². The van der Waals surface area contributed by atoms with Crippen molar-refractivity contribution in [2.75, 3.05) is 13.2 Å². The van der Waals surface area contributed by atoms with E-state index in [1.54, 1.807) is 37.4 Å². The van der Waals surface area contributed by atoms with Crippen LogP contribution in [0.3, 0.4) is 0 Å². The fourth-order valence-electron chi connectivity index (χ4n) is 2.52. The zero-order valence-corrected chi connectivity index (χ0v) is 17.4. The highest BCUT2D eigenvalue weighted by Gasteiger charge is 2.13. The molecule has 2 aromatic rings. The molecule has 2 rings (SSSR count). The van der Waals surface area contributed by atoms with E-state index < -0.39 is 5.97 Å². The first-order chi connectivity index (χ1) is 13.8. The summed E-state index contributed by atoms with van der Waals surface area (Å²) >= 11 is 0. The van der Waals surface area contributed by atoms with E-state index in [2.05, 4.69) is 43.4 Å². The van der Waals surface area contributed by atoms with Crippen LogP contribution in [-0.2, 0) is 26.2 Å². The Labute approximate surface area is 171 Å². The minimum Gasteiger partial charge on any atom is -0.482 e. The Morgan fingerprint density at radius 2 is 1.69 bits per heavy atom. The molecule has 0 aromatic heterocycles. The number of rotatable bonds is 8. The quantitative estimate of drug-likeness (QED) is 0.420. The molecule has 1 N–H and O–H groups in total. The van der Waals surface area contributed by atoms with Crippen LogP contribution in [0.25, 0.3) is 0 Å². The van der Waals surface area contributed by atoms with Gasteiger partial charge in [0.05, 0.1) is 19.2 Å². The Balaban J connectivity index is 1.80. The predicted octanol–water partition coefficient (Wildman–Crippen LogP) is 3.62. The molecule has 0 aliphatic rings. The molecule has 0 bridgehead atoms. The SMILES string of the molecule is CCOC(=O)COc1ccc(/C=N\NC(=O)Cc2ccc(C(C)(C)C)cc2)cc1. The maximum Gasteiger partial charge on any atom is 0.344 e. The van der Waals surface area contributed by atoms with Crippen molar-refractivity contribution < 1.29 is 19.1 Å². The first-order valence-electron chi connectivity index (χ1n) is 9.57. The van der Waals surface area contributed by atoms with Crippen LogP contribution in [0.4, 0.5) is 0 Å². The second-order valence-electron chi connectivity index (χ2n) is 7.58. The highest BCUT2D eigenvalue weighted by Crippen LogP contribution is 2.22. The second-order valence-corrected chi connectivity index (χ2v) is 7.58. The van der Waals surface area contributed by atoms with Gasteiger partial charge in [0.15, 0.2) is 6.61 Å². The number of esters is 1. The van der Waals surface area contributed by atoms with Gasteiger partial charge in [-0.2, -0.15) is 5.10 Å². The first kappa shape index (κ1) is 22.1. The Bertz CT molecular complexity index is 835. The largest absolute Gasteiger partial charge is 0.482 e. The third-order valence-corrected chi connectivity index (χ3v) is 4.13. The van der Waals surface area contributed by atoms with Crippen LogP contribution in [-0.4, -0.2) is 31.3 Å². The second kappa shape index (κ2) is 10.4. The molecule has 154 valence electrons. The highest BCUT2D eigenvalue weighted by atomic mass is 16.6. The van der Waals surface area contributed by atoms with E-state index in [4.69, 9.17) is 9.47 Å². The minimum absolute atomic E-state index is 0.0878. The van der Waals surface area contributed by atoms with Gasteiger partial charge in [0.25, 0.3) is 0 Å². The number of nitrogens with one attached hydrogen (secondary N) is 1. The monoisotopic (exact) mass is 396 g/mol. The molecule has 6 heteroatoms. The maximum absolute atomic E-state index is 12.1. The smallest absolute Gasteiger partial charge is 0.344 e. The van der Waals surface area contributed by atoms with Crippen LogP contribution in [0.1, 0.15) is 44.4 Å². The number of nitrogens with zero attached hydrogens (tertiary/aromatic N) is 1. The van der Waals surface area contributed by atoms with Crippen molar-refractivity contribution in [1.82, 2.24) is 5.43 Å². The summed E-state index contributed by atoms with van der Waals surface area (Å²) in [6.45, 7) is 8.40. The molecule has 1 amide bonds. The van der Waals surface area contributed by atoms with Crippen LogP contribution in [0.2, 0.25) is 0 Å². The number of hydrogen-bond acceptors (Lipinski definition) is 5. The molecular formula is C23H28N2O4. The van der Waals surface area contributed by atoms with Gasteiger partial charge in [-0.25, -0.2) is 10.2 Å². The van der Waals surface area contributed by atoms with Crippen molar-refractivity contribution in [1.29, 1.82) is 0 Å². The molecule has 0 aliphatic carbocycles. The van der Waals surface area contributed by atoms with Gasteiger partial charge < -0.3 is 9.47 Å². The van der Waals surface area contributed by atoms with Crippen molar-refractivity contribution in [3.05, 3.63) is 65.2 Å². The predicted molar refractivity (Wildman–Crippen MR) is 113 cm³/mol. The molecule has 0 heterocycles. The summed E-state index contributed by atoms with van der Waals surface area (Å²) in [5.74, 6) is -0.0361. The number of amides is 1. The van der Waals surface area contributed by atoms with Gasteiger partial charge in [0.1, 0.15) is 5.75 Å². The van der Waals surface area contributed by atoms with E-state index in [0.717, 1.165) is 11.1 Å². The van der Waals surface area contributed by atoms with E-state index in [9.17, 15) is 9.59 Å². The summed E-state index contributed by atoms with van der Waals surface area (Å²) in [6.07, 6.45) is 1.82. The summed E-state index contributed by atoms with van der Waals surface area (Å²) in [7, 11) is 0. The van der Waals surface area contributed by atoms with Gasteiger partial charge in [0.2, 0.25) is 5.91 Å². The van der Waals surface area contributed by atoms with Gasteiger partial charge in [0, 0.05) is 0 Å². The molecule has 0 aliphatic heterocycles. The highest BCUT2D eigenvalue weighted by molar-refractivity contribution is 5.83. The number of hydrogen-bond donors (Lipinski definition) is 1. The lowest BCUT2D eigenvalue weighted by Crippen LogP contribution is -2.20. The fraction of sp³-hybridized carbons (Fsp3) is 0.348. The fourth-order valence-corrected chi connectivity index (χ4v) is 2.52. The van der Waals surface area contributed by atoms with Crippen molar-refractivity contribution in [3.8, 4) is 5.75 Å². The number of benzene rings is 2. The van der Waals surface area contributed by atoms with Crippen molar-refractivity contribution in [2.24, 2.45) is 5.10 Å². The van der Waals surface area contributed by atoms with E-state index in [0.29, 0.717) is 12.4 Å². The number of carbonyl (C=O) groups is 2. The van der Waals surface area contributed by atoms with Crippen LogP contribution < -0.4 is 10.2 Å². The molecule has 0 atom stereocenters. The summed E-state index contributed by atoms with van der Waals surface area (Å²) in [5, 5.41) is 3.98. The molecule has 0 saturated heterocycles. The van der Waals surface area contributed by atoms with E-state index in [1.165, 1.54) is 5.56 Å². The summed E-state index contributed by atoms with van der Waals surface area (Å²) in [6, 6.07) is 15.0. The minimum atomic E-state index is -0.408. The maximum atomic E-state index is 12.1. The number of carbonyl (C=O) groups excluding carboxylic acids is 2. The number of hydrazone groups is 1. The molecule has 0 radical (unpaired) electrons. The third kappa shape index (κ3) is 7.78. The van der Waals surface area contributed by atoms with Crippen molar-refractivity contribution >= 4 is 18.1 Å².